The second kappa shape index (κ2) is 9.49. The van der Waals surface area contributed by atoms with Gasteiger partial charge in [-0.2, -0.15) is 0 Å². The lowest BCUT2D eigenvalue weighted by atomic mass is 10.2. The predicted molar refractivity (Wildman–Crippen MR) is 106 cm³/mol. The number of hydrogen-bond donors (Lipinski definition) is 2. The van der Waals surface area contributed by atoms with E-state index in [4.69, 9.17) is 4.74 Å². The summed E-state index contributed by atoms with van der Waals surface area (Å²) in [7, 11) is 1.79. The molecule has 3 rings (SSSR count). The molecule has 1 aliphatic rings. The highest BCUT2D eigenvalue weighted by atomic mass is 32.1. The van der Waals surface area contributed by atoms with E-state index in [0.29, 0.717) is 6.54 Å². The molecule has 26 heavy (non-hydrogen) atoms. The highest BCUT2D eigenvalue weighted by molar-refractivity contribution is 7.09. The Bertz CT molecular complexity index is 726. The van der Waals surface area contributed by atoms with Crippen LogP contribution in [0.2, 0.25) is 0 Å². The van der Waals surface area contributed by atoms with E-state index in [1.165, 1.54) is 0 Å². The number of nitrogens with one attached hydrogen (secondary N) is 2. The summed E-state index contributed by atoms with van der Waals surface area (Å²) in [6.07, 6.45) is 2.73. The first-order valence-electron chi connectivity index (χ1n) is 8.88. The highest BCUT2D eigenvalue weighted by Gasteiger charge is 2.15. The lowest BCUT2D eigenvalue weighted by Crippen LogP contribution is -2.40. The van der Waals surface area contributed by atoms with E-state index in [-0.39, 0.29) is 0 Å². The van der Waals surface area contributed by atoms with Gasteiger partial charge in [0.1, 0.15) is 5.82 Å². The molecule has 1 aliphatic heterocycles. The summed E-state index contributed by atoms with van der Waals surface area (Å²) in [4.78, 5) is 15.6. The summed E-state index contributed by atoms with van der Waals surface area (Å²) in [6, 6.07) is 4.08. The maximum absolute atomic E-state index is 5.44. The van der Waals surface area contributed by atoms with Gasteiger partial charge in [0.2, 0.25) is 0 Å². The number of thiazole rings is 1. The molecule has 2 aromatic heterocycles. The first-order valence-corrected chi connectivity index (χ1v) is 9.76. The quantitative estimate of drug-likeness (QED) is 0.591. The number of guanidine groups is 1. The summed E-state index contributed by atoms with van der Waals surface area (Å²) in [5.41, 5.74) is 2.28. The van der Waals surface area contributed by atoms with E-state index in [9.17, 15) is 0 Å². The molecule has 0 saturated carbocycles. The maximum Gasteiger partial charge on any atom is 0.191 e. The van der Waals surface area contributed by atoms with Gasteiger partial charge in [0.05, 0.1) is 23.9 Å². The van der Waals surface area contributed by atoms with Gasteiger partial charge in [-0.1, -0.05) is 6.07 Å². The first-order chi connectivity index (χ1) is 12.8. The van der Waals surface area contributed by atoms with E-state index >= 15 is 0 Å². The molecule has 1 saturated heterocycles. The number of nitrogens with zero attached hydrogens (tertiary/aromatic N) is 4. The number of ether oxygens (including phenoxy) is 1. The molecule has 0 aliphatic carbocycles. The van der Waals surface area contributed by atoms with E-state index < -0.39 is 0 Å². The number of aliphatic imine (C=N–C) groups is 1. The second-order valence-corrected chi connectivity index (χ2v) is 7.11. The zero-order valence-electron chi connectivity index (χ0n) is 15.4. The monoisotopic (exact) mass is 374 g/mol. The van der Waals surface area contributed by atoms with E-state index in [2.05, 4.69) is 41.9 Å². The van der Waals surface area contributed by atoms with Crippen LogP contribution in [-0.4, -0.2) is 55.8 Å². The molecule has 2 N–H and O–H groups in total. The van der Waals surface area contributed by atoms with Gasteiger partial charge < -0.3 is 20.3 Å². The summed E-state index contributed by atoms with van der Waals surface area (Å²) < 4.78 is 5.44. The van der Waals surface area contributed by atoms with Crippen molar-refractivity contribution in [2.75, 3.05) is 44.8 Å². The van der Waals surface area contributed by atoms with Crippen LogP contribution in [0.5, 0.6) is 0 Å². The minimum Gasteiger partial charge on any atom is -0.378 e. The van der Waals surface area contributed by atoms with Gasteiger partial charge in [-0.25, -0.2) is 9.97 Å². The fourth-order valence-electron chi connectivity index (χ4n) is 2.86. The van der Waals surface area contributed by atoms with Crippen molar-refractivity contribution in [2.24, 2.45) is 4.99 Å². The minimum atomic E-state index is 0.677. The highest BCUT2D eigenvalue weighted by Crippen LogP contribution is 2.18. The van der Waals surface area contributed by atoms with Gasteiger partial charge in [-0.05, 0) is 13.0 Å². The van der Waals surface area contributed by atoms with Gasteiger partial charge in [0.25, 0.3) is 0 Å². The maximum atomic E-state index is 5.44. The number of morpholine rings is 1. The standard InChI is InChI=1S/C18H26N6OS/c1-14-23-16(13-26-14)5-7-21-18(19-2)22-12-15-4-3-6-20-17(15)24-8-10-25-11-9-24/h3-4,6,13H,5,7-12H2,1-2H3,(H2,19,21,22). The Hall–Kier alpha value is -2.19. The first kappa shape index (κ1) is 18.6. The van der Waals surface area contributed by atoms with Crippen LogP contribution >= 0.6 is 11.3 Å². The van der Waals surface area contributed by atoms with Crippen molar-refractivity contribution in [3.63, 3.8) is 0 Å². The molecule has 7 nitrogen and oxygen atoms in total. The van der Waals surface area contributed by atoms with Gasteiger partial charge in [-0.3, -0.25) is 4.99 Å². The topological polar surface area (TPSA) is 74.7 Å². The van der Waals surface area contributed by atoms with E-state index in [0.717, 1.165) is 67.3 Å². The van der Waals surface area contributed by atoms with E-state index in [1.807, 2.05) is 19.2 Å². The molecule has 8 heteroatoms. The predicted octanol–water partition coefficient (Wildman–Crippen LogP) is 1.59. The van der Waals surface area contributed by atoms with Crippen LogP contribution in [0.3, 0.4) is 0 Å². The number of rotatable bonds is 6. The Morgan fingerprint density at radius 1 is 1.35 bits per heavy atom. The molecule has 0 amide bonds. The fourth-order valence-corrected chi connectivity index (χ4v) is 3.51. The van der Waals surface area contributed by atoms with Crippen molar-refractivity contribution < 1.29 is 4.74 Å². The largest absolute Gasteiger partial charge is 0.378 e. The summed E-state index contributed by atoms with van der Waals surface area (Å²) in [6.45, 7) is 6.77. The lowest BCUT2D eigenvalue weighted by Gasteiger charge is -2.29. The Balaban J connectivity index is 1.52. The third kappa shape index (κ3) is 5.15. The molecule has 1 fully saturated rings. The third-order valence-electron chi connectivity index (χ3n) is 4.19. The Kier molecular flexibility index (Phi) is 6.79. The molecule has 3 heterocycles. The lowest BCUT2D eigenvalue weighted by molar-refractivity contribution is 0.122. The minimum absolute atomic E-state index is 0.677. The van der Waals surface area contributed by atoms with E-state index in [1.54, 1.807) is 18.4 Å². The van der Waals surface area contributed by atoms with Crippen molar-refractivity contribution in [1.82, 2.24) is 20.6 Å². The van der Waals surface area contributed by atoms with Crippen LogP contribution in [0.4, 0.5) is 5.82 Å². The van der Waals surface area contributed by atoms with Gasteiger partial charge >= 0.3 is 0 Å². The fraction of sp³-hybridized carbons (Fsp3) is 0.500. The van der Waals surface area contributed by atoms with Crippen LogP contribution in [-0.2, 0) is 17.7 Å². The van der Waals surface area contributed by atoms with Crippen molar-refractivity contribution in [3.8, 4) is 0 Å². The number of aromatic nitrogens is 2. The van der Waals surface area contributed by atoms with Gasteiger partial charge in [0, 0.05) is 56.8 Å². The van der Waals surface area contributed by atoms with Crippen LogP contribution in [0.1, 0.15) is 16.3 Å². The molecular weight excluding hydrogens is 348 g/mol. The van der Waals surface area contributed by atoms with Crippen LogP contribution < -0.4 is 15.5 Å². The van der Waals surface area contributed by atoms with Gasteiger partial charge in [0.15, 0.2) is 5.96 Å². The number of anilines is 1. The summed E-state index contributed by atoms with van der Waals surface area (Å²) >= 11 is 1.69. The average Bonchev–Trinajstić information content (AvgIpc) is 3.10. The molecule has 0 aromatic carbocycles. The van der Waals surface area contributed by atoms with Crippen LogP contribution in [0, 0.1) is 6.92 Å². The SMILES string of the molecule is CN=C(NCCc1csc(C)n1)NCc1cccnc1N1CCOCC1. The van der Waals surface area contributed by atoms with Crippen LogP contribution in [0.25, 0.3) is 0 Å². The number of hydrogen-bond acceptors (Lipinski definition) is 6. The Morgan fingerprint density at radius 2 is 2.19 bits per heavy atom. The molecule has 0 radical (unpaired) electrons. The molecule has 140 valence electrons. The zero-order chi connectivity index (χ0) is 18.2. The van der Waals surface area contributed by atoms with Crippen molar-refractivity contribution in [3.05, 3.63) is 40.0 Å². The summed E-state index contributed by atoms with van der Waals surface area (Å²) in [5.74, 6) is 1.81. The normalized spacial score (nSPS) is 15.2. The Morgan fingerprint density at radius 3 is 2.92 bits per heavy atom. The second-order valence-electron chi connectivity index (χ2n) is 6.05. The summed E-state index contributed by atoms with van der Waals surface area (Å²) in [5, 5.41) is 9.94. The van der Waals surface area contributed by atoms with Crippen LogP contribution in [0.15, 0.2) is 28.7 Å². The molecule has 0 unspecified atom stereocenters. The molecule has 2 aromatic rings. The zero-order valence-corrected chi connectivity index (χ0v) is 16.2. The van der Waals surface area contributed by atoms with Crippen molar-refractivity contribution in [1.29, 1.82) is 0 Å². The molecular formula is C18H26N6OS. The smallest absolute Gasteiger partial charge is 0.191 e. The van der Waals surface area contributed by atoms with Crippen molar-refractivity contribution in [2.45, 2.75) is 19.9 Å². The van der Waals surface area contributed by atoms with Crippen molar-refractivity contribution >= 4 is 23.1 Å². The van der Waals surface area contributed by atoms with Gasteiger partial charge in [-0.15, -0.1) is 11.3 Å². The molecule has 0 spiro atoms. The molecule has 0 atom stereocenters. The average molecular weight is 375 g/mol. The third-order valence-corrected chi connectivity index (χ3v) is 5.01. The molecule has 0 bridgehead atoms. The Labute approximate surface area is 158 Å². The number of aryl methyl sites for hydroxylation is 1. The number of pyridine rings is 1.